The van der Waals surface area contributed by atoms with E-state index in [4.69, 9.17) is 14.5 Å². The van der Waals surface area contributed by atoms with Gasteiger partial charge in [0.1, 0.15) is 0 Å². The Hall–Kier alpha value is -1.30. The van der Waals surface area contributed by atoms with E-state index >= 15 is 0 Å². The highest BCUT2D eigenvalue weighted by atomic mass is 16.5. The lowest BCUT2D eigenvalue weighted by atomic mass is 9.46. The summed E-state index contributed by atoms with van der Waals surface area (Å²) in [5.74, 6) is 1.52. The molecule has 26 heavy (non-hydrogen) atoms. The molecule has 0 aromatic carbocycles. The molecule has 0 bridgehead atoms. The molecular formula is C20H33N3O3. The molecule has 2 aliphatic carbocycles. The summed E-state index contributed by atoms with van der Waals surface area (Å²) in [5, 5.41) is 3.82. The minimum Gasteiger partial charge on any atom is -0.466 e. The van der Waals surface area contributed by atoms with Crippen molar-refractivity contribution in [2.45, 2.75) is 64.5 Å². The Morgan fingerprint density at radius 2 is 2.15 bits per heavy atom. The number of guanidine groups is 1. The number of carbonyl (C=O) groups excluding carboxylic acids is 1. The first-order valence-electron chi connectivity index (χ1n) is 10.5. The van der Waals surface area contributed by atoms with Crippen LogP contribution in [0.5, 0.6) is 0 Å². The van der Waals surface area contributed by atoms with Gasteiger partial charge in [0, 0.05) is 43.6 Å². The molecule has 4 rings (SSSR count). The van der Waals surface area contributed by atoms with E-state index in [0.29, 0.717) is 30.1 Å². The van der Waals surface area contributed by atoms with Crippen molar-refractivity contribution in [3.05, 3.63) is 0 Å². The lowest BCUT2D eigenvalue weighted by Gasteiger charge is -2.63. The van der Waals surface area contributed by atoms with Crippen molar-refractivity contribution in [1.82, 2.24) is 10.2 Å². The SMILES string of the molecule is CCN=C(NC1C2CCOC2C12CCC2)N1CCCC(C(=O)OCC)C1. The van der Waals surface area contributed by atoms with Gasteiger partial charge in [-0.2, -0.15) is 0 Å². The third-order valence-corrected chi connectivity index (χ3v) is 6.97. The summed E-state index contributed by atoms with van der Waals surface area (Å²) < 4.78 is 11.3. The number of fused-ring (bicyclic) bond motifs is 2. The summed E-state index contributed by atoms with van der Waals surface area (Å²) in [4.78, 5) is 19.3. The third kappa shape index (κ3) is 2.90. The van der Waals surface area contributed by atoms with Gasteiger partial charge >= 0.3 is 5.97 Å². The highest BCUT2D eigenvalue weighted by molar-refractivity contribution is 5.82. The summed E-state index contributed by atoms with van der Waals surface area (Å²) >= 11 is 0. The topological polar surface area (TPSA) is 63.2 Å². The Morgan fingerprint density at radius 1 is 1.31 bits per heavy atom. The van der Waals surface area contributed by atoms with Crippen molar-refractivity contribution in [3.8, 4) is 0 Å². The zero-order valence-electron chi connectivity index (χ0n) is 16.2. The fourth-order valence-corrected chi connectivity index (χ4v) is 5.60. The Labute approximate surface area is 156 Å². The Balaban J connectivity index is 1.44. The number of esters is 1. The zero-order chi connectivity index (χ0) is 18.1. The molecule has 0 amide bonds. The van der Waals surface area contributed by atoms with E-state index in [1.165, 1.54) is 19.3 Å². The summed E-state index contributed by atoms with van der Waals surface area (Å²) in [5.41, 5.74) is 0.339. The van der Waals surface area contributed by atoms with Crippen LogP contribution in [0.4, 0.5) is 0 Å². The molecule has 2 saturated carbocycles. The maximum atomic E-state index is 12.2. The molecule has 0 aromatic heterocycles. The zero-order valence-corrected chi connectivity index (χ0v) is 16.2. The van der Waals surface area contributed by atoms with Gasteiger partial charge in [-0.05, 0) is 46.0 Å². The van der Waals surface area contributed by atoms with Crippen LogP contribution in [0.2, 0.25) is 0 Å². The summed E-state index contributed by atoms with van der Waals surface area (Å²) in [6.45, 7) is 7.75. The quantitative estimate of drug-likeness (QED) is 0.471. The number of carbonyl (C=O) groups is 1. The average Bonchev–Trinajstić information content (AvgIpc) is 3.02. The first kappa shape index (κ1) is 18.1. The molecule has 146 valence electrons. The van der Waals surface area contributed by atoms with Crippen molar-refractivity contribution < 1.29 is 14.3 Å². The van der Waals surface area contributed by atoms with Crippen LogP contribution in [-0.4, -0.2) is 61.8 Å². The van der Waals surface area contributed by atoms with E-state index in [1.54, 1.807) is 0 Å². The molecule has 4 aliphatic rings. The van der Waals surface area contributed by atoms with Gasteiger partial charge in [0.05, 0.1) is 18.6 Å². The molecule has 2 heterocycles. The average molecular weight is 364 g/mol. The lowest BCUT2D eigenvalue weighted by molar-refractivity contribution is -0.171. The number of hydrogen-bond acceptors (Lipinski definition) is 4. The monoisotopic (exact) mass is 363 g/mol. The molecule has 6 heteroatoms. The molecule has 0 radical (unpaired) electrons. The van der Waals surface area contributed by atoms with Crippen molar-refractivity contribution in [2.24, 2.45) is 22.2 Å². The van der Waals surface area contributed by atoms with E-state index in [1.807, 2.05) is 6.92 Å². The van der Waals surface area contributed by atoms with Gasteiger partial charge in [-0.3, -0.25) is 9.79 Å². The van der Waals surface area contributed by atoms with E-state index < -0.39 is 0 Å². The second kappa shape index (κ2) is 7.37. The van der Waals surface area contributed by atoms with Crippen LogP contribution < -0.4 is 5.32 Å². The number of nitrogens with zero attached hydrogens (tertiary/aromatic N) is 2. The molecule has 4 atom stereocenters. The summed E-state index contributed by atoms with van der Waals surface area (Å²) in [6, 6.07) is 0.483. The second-order valence-electron chi connectivity index (χ2n) is 8.29. The van der Waals surface area contributed by atoms with Crippen LogP contribution in [0.25, 0.3) is 0 Å². The lowest BCUT2D eigenvalue weighted by Crippen LogP contribution is -2.72. The highest BCUT2D eigenvalue weighted by Gasteiger charge is 2.66. The molecule has 6 nitrogen and oxygen atoms in total. The van der Waals surface area contributed by atoms with Gasteiger partial charge in [-0.15, -0.1) is 0 Å². The van der Waals surface area contributed by atoms with E-state index in [2.05, 4.69) is 17.1 Å². The van der Waals surface area contributed by atoms with Gasteiger partial charge in [0.15, 0.2) is 5.96 Å². The van der Waals surface area contributed by atoms with Crippen molar-refractivity contribution in [3.63, 3.8) is 0 Å². The van der Waals surface area contributed by atoms with Gasteiger partial charge in [-0.1, -0.05) is 6.42 Å². The number of piperidine rings is 1. The fraction of sp³-hybridized carbons (Fsp3) is 0.900. The molecule has 1 N–H and O–H groups in total. The van der Waals surface area contributed by atoms with Crippen LogP contribution in [-0.2, 0) is 14.3 Å². The molecule has 1 spiro atoms. The summed E-state index contributed by atoms with van der Waals surface area (Å²) in [6.07, 6.45) is 7.42. The largest absolute Gasteiger partial charge is 0.466 e. The number of nitrogens with one attached hydrogen (secondary N) is 1. The van der Waals surface area contributed by atoms with Crippen molar-refractivity contribution in [1.29, 1.82) is 0 Å². The maximum Gasteiger partial charge on any atom is 0.310 e. The Morgan fingerprint density at radius 3 is 2.85 bits per heavy atom. The van der Waals surface area contributed by atoms with E-state index in [9.17, 15) is 4.79 Å². The molecular weight excluding hydrogens is 330 g/mol. The molecule has 4 fully saturated rings. The number of hydrogen-bond donors (Lipinski definition) is 1. The predicted octanol–water partition coefficient (Wildman–Crippen LogP) is 2.18. The van der Waals surface area contributed by atoms with Crippen LogP contribution >= 0.6 is 0 Å². The van der Waals surface area contributed by atoms with Crippen molar-refractivity contribution in [2.75, 3.05) is 32.8 Å². The third-order valence-electron chi connectivity index (χ3n) is 6.97. The Bertz CT molecular complexity index is 561. The van der Waals surface area contributed by atoms with Crippen LogP contribution in [0, 0.1) is 17.3 Å². The van der Waals surface area contributed by atoms with Gasteiger partial charge in [-0.25, -0.2) is 0 Å². The second-order valence-corrected chi connectivity index (χ2v) is 8.29. The number of ether oxygens (including phenoxy) is 2. The molecule has 2 aliphatic heterocycles. The normalized spacial score (nSPS) is 35.5. The number of rotatable bonds is 4. The smallest absolute Gasteiger partial charge is 0.310 e. The predicted molar refractivity (Wildman–Crippen MR) is 100.0 cm³/mol. The minimum absolute atomic E-state index is 0.0332. The van der Waals surface area contributed by atoms with E-state index in [-0.39, 0.29) is 11.9 Å². The first-order valence-corrected chi connectivity index (χ1v) is 10.5. The molecule has 0 aromatic rings. The minimum atomic E-state index is -0.0589. The van der Waals surface area contributed by atoms with Crippen LogP contribution in [0.1, 0.15) is 52.4 Å². The van der Waals surface area contributed by atoms with Gasteiger partial charge < -0.3 is 19.7 Å². The standard InChI is InChI=1S/C20H33N3O3/c1-3-21-19(23-11-5-7-14(13-23)18(24)25-4-2)22-16-15-8-12-26-17(15)20(16)9-6-10-20/h14-17H,3-13H2,1-2H3,(H,21,22). The highest BCUT2D eigenvalue weighted by Crippen LogP contribution is 2.62. The van der Waals surface area contributed by atoms with Crippen molar-refractivity contribution >= 4 is 11.9 Å². The molecule has 2 saturated heterocycles. The number of likely N-dealkylation sites (tertiary alicyclic amines) is 1. The molecule has 4 unspecified atom stereocenters. The van der Waals surface area contributed by atoms with Crippen LogP contribution in [0.15, 0.2) is 4.99 Å². The van der Waals surface area contributed by atoms with E-state index in [0.717, 1.165) is 51.5 Å². The maximum absolute atomic E-state index is 12.2. The fourth-order valence-electron chi connectivity index (χ4n) is 5.60. The van der Waals surface area contributed by atoms with Crippen LogP contribution in [0.3, 0.4) is 0 Å². The van der Waals surface area contributed by atoms with Gasteiger partial charge in [0.25, 0.3) is 0 Å². The number of aliphatic imine (C=N–C) groups is 1. The van der Waals surface area contributed by atoms with Gasteiger partial charge in [0.2, 0.25) is 0 Å². The first-order chi connectivity index (χ1) is 12.7. The Kier molecular flexibility index (Phi) is 5.13. The summed E-state index contributed by atoms with van der Waals surface area (Å²) in [7, 11) is 0.